The summed E-state index contributed by atoms with van der Waals surface area (Å²) in [4.78, 5) is 24.3. The number of hydrogen-bond acceptors (Lipinski definition) is 9. The second-order valence-corrected chi connectivity index (χ2v) is 13.5. The number of rotatable bonds is 14. The Labute approximate surface area is 256 Å². The lowest BCUT2D eigenvalue weighted by atomic mass is 9.76. The van der Waals surface area contributed by atoms with E-state index >= 15 is 0 Å². The average molecular weight is 600 g/mol. The number of halogens is 1. The van der Waals surface area contributed by atoms with Crippen LogP contribution in [0.15, 0.2) is 24.5 Å². The van der Waals surface area contributed by atoms with Crippen molar-refractivity contribution in [2.45, 2.75) is 85.4 Å². The molecule has 1 aromatic heterocycles. The first kappa shape index (κ1) is 33.0. The van der Waals surface area contributed by atoms with Crippen molar-refractivity contribution >= 4 is 11.7 Å². The number of aromatic nitrogens is 3. The summed E-state index contributed by atoms with van der Waals surface area (Å²) in [5.74, 6) is 0.781. The van der Waals surface area contributed by atoms with Crippen LogP contribution in [-0.2, 0) is 0 Å². The number of carbonyl (C=O) groups is 1. The first-order valence-electron chi connectivity index (χ1n) is 15.7. The second-order valence-electron chi connectivity index (χ2n) is 13.5. The van der Waals surface area contributed by atoms with Gasteiger partial charge in [0.05, 0.1) is 11.2 Å². The van der Waals surface area contributed by atoms with E-state index in [0.29, 0.717) is 30.9 Å². The Bertz CT molecular complexity index is 1230. The first-order valence-corrected chi connectivity index (χ1v) is 15.7. The third-order valence-electron chi connectivity index (χ3n) is 8.64. The molecule has 1 spiro atoms. The number of benzene rings is 1. The molecule has 2 aromatic rings. The zero-order valence-electron chi connectivity index (χ0n) is 26.9. The molecule has 238 valence electrons. The van der Waals surface area contributed by atoms with Crippen molar-refractivity contribution < 1.29 is 19.0 Å². The molecule has 10 nitrogen and oxygen atoms in total. The minimum absolute atomic E-state index is 0.0455. The van der Waals surface area contributed by atoms with Gasteiger partial charge < -0.3 is 25.0 Å². The van der Waals surface area contributed by atoms with Crippen LogP contribution in [0.5, 0.6) is 11.6 Å². The van der Waals surface area contributed by atoms with E-state index in [0.717, 1.165) is 52.0 Å². The highest BCUT2D eigenvalue weighted by molar-refractivity contribution is 5.97. The molecule has 4 rings (SSSR count). The van der Waals surface area contributed by atoms with Crippen molar-refractivity contribution in [3.05, 3.63) is 35.9 Å². The van der Waals surface area contributed by atoms with Crippen molar-refractivity contribution in [3.63, 3.8) is 0 Å². The van der Waals surface area contributed by atoms with Crippen LogP contribution in [0.3, 0.4) is 0 Å². The Morgan fingerprint density at radius 1 is 1.23 bits per heavy atom. The predicted octanol–water partition coefficient (Wildman–Crippen LogP) is 4.35. The van der Waals surface area contributed by atoms with E-state index in [9.17, 15) is 14.3 Å². The molecule has 1 amide bonds. The summed E-state index contributed by atoms with van der Waals surface area (Å²) < 4.78 is 20.4. The lowest BCUT2D eigenvalue weighted by Crippen LogP contribution is -2.62. The van der Waals surface area contributed by atoms with E-state index in [2.05, 4.69) is 44.1 Å². The molecule has 0 aliphatic carbocycles. The van der Waals surface area contributed by atoms with Gasteiger partial charge in [-0.05, 0) is 84.5 Å². The summed E-state index contributed by atoms with van der Waals surface area (Å²) in [5.41, 5.74) is -0.359. The molecule has 11 heteroatoms. The van der Waals surface area contributed by atoms with Gasteiger partial charge in [-0.25, -0.2) is 9.37 Å². The van der Waals surface area contributed by atoms with Gasteiger partial charge >= 0.3 is 0 Å². The molecular weight excluding hydrogens is 549 g/mol. The number of ether oxygens (including phenoxy) is 1. The fraction of sp³-hybridized carbons (Fsp3) is 0.688. The van der Waals surface area contributed by atoms with Crippen molar-refractivity contribution in [3.8, 4) is 11.6 Å². The smallest absolute Gasteiger partial charge is 0.282 e. The van der Waals surface area contributed by atoms with E-state index in [-0.39, 0.29) is 34.6 Å². The molecule has 43 heavy (non-hydrogen) atoms. The molecule has 0 saturated carbocycles. The third kappa shape index (κ3) is 8.19. The van der Waals surface area contributed by atoms with Crippen LogP contribution in [0.4, 0.5) is 10.2 Å². The molecule has 1 aromatic carbocycles. The van der Waals surface area contributed by atoms with Crippen molar-refractivity contribution in [1.29, 1.82) is 0 Å². The Morgan fingerprint density at radius 3 is 2.63 bits per heavy atom. The van der Waals surface area contributed by atoms with E-state index in [4.69, 9.17) is 4.74 Å². The van der Waals surface area contributed by atoms with Gasteiger partial charge in [-0.1, -0.05) is 13.8 Å². The number of nitrogens with one attached hydrogen (secondary N) is 1. The number of nitrogens with zero attached hydrogens (tertiary/aromatic N) is 6. The quantitative estimate of drug-likeness (QED) is 0.307. The molecule has 2 saturated heterocycles. The van der Waals surface area contributed by atoms with Crippen molar-refractivity contribution in [1.82, 2.24) is 30.3 Å². The molecule has 0 unspecified atom stereocenters. The fourth-order valence-corrected chi connectivity index (χ4v) is 6.49. The lowest BCUT2D eigenvalue weighted by molar-refractivity contribution is -0.0340. The van der Waals surface area contributed by atoms with E-state index < -0.39 is 11.4 Å². The highest BCUT2D eigenvalue weighted by Gasteiger charge is 2.50. The summed E-state index contributed by atoms with van der Waals surface area (Å²) in [6.45, 7) is 19.7. The predicted molar refractivity (Wildman–Crippen MR) is 166 cm³/mol. The molecule has 1 atom stereocenters. The Hall–Kier alpha value is -2.89. The second kappa shape index (κ2) is 13.8. The zero-order valence-corrected chi connectivity index (χ0v) is 26.9. The van der Waals surface area contributed by atoms with Gasteiger partial charge in [0.2, 0.25) is 0 Å². The number of hydrogen-bond donors (Lipinski definition) is 2. The molecule has 3 heterocycles. The number of amides is 1. The van der Waals surface area contributed by atoms with Gasteiger partial charge in [0.1, 0.15) is 17.9 Å². The summed E-state index contributed by atoms with van der Waals surface area (Å²) in [6.07, 6.45) is 4.65. The topological polar surface area (TPSA) is 107 Å². The van der Waals surface area contributed by atoms with Gasteiger partial charge in [0.15, 0.2) is 5.82 Å². The van der Waals surface area contributed by atoms with Crippen molar-refractivity contribution in [2.75, 3.05) is 50.7 Å². The Morgan fingerprint density at radius 2 is 1.98 bits per heavy atom. The highest BCUT2D eigenvalue weighted by atomic mass is 19.1. The van der Waals surface area contributed by atoms with Crippen LogP contribution in [0, 0.1) is 17.2 Å². The number of likely N-dealkylation sites (tertiary alicyclic amines) is 1. The summed E-state index contributed by atoms with van der Waals surface area (Å²) >= 11 is 0. The van der Waals surface area contributed by atoms with Gasteiger partial charge in [-0.3, -0.25) is 9.69 Å². The average Bonchev–Trinajstić information content (AvgIpc) is 3.36. The lowest BCUT2D eigenvalue weighted by Gasteiger charge is -2.53. The van der Waals surface area contributed by atoms with E-state index in [1.54, 1.807) is 4.90 Å². The maximum Gasteiger partial charge on any atom is 0.282 e. The number of aliphatic hydroxyl groups is 1. The standard InChI is InChI=1S/C32H50FN7O3/c1-8-40(23(4)5)30(41)25-16-24(33)11-12-27(25)43-29-28(35-21-36-37-29)38-15-13-32(18-38)19-39(20-32)26(22(2)3)10-9-14-34-17-31(6,7)42/h11-12,16,21-23,26,34,42H,8-10,13-15,17-20H2,1-7H3/t26-/m1/s1. The zero-order chi connectivity index (χ0) is 31.4. The van der Waals surface area contributed by atoms with Crippen LogP contribution < -0.4 is 15.0 Å². The Kier molecular flexibility index (Phi) is 10.6. The summed E-state index contributed by atoms with van der Waals surface area (Å²) in [7, 11) is 0. The molecule has 2 aliphatic heterocycles. The summed E-state index contributed by atoms with van der Waals surface area (Å²) in [6, 6.07) is 4.44. The maximum absolute atomic E-state index is 14.3. The van der Waals surface area contributed by atoms with E-state index in [1.165, 1.54) is 24.5 Å². The molecule has 0 bridgehead atoms. The monoisotopic (exact) mass is 599 g/mol. The summed E-state index contributed by atoms with van der Waals surface area (Å²) in [5, 5.41) is 21.5. The molecular formula is C32H50FN7O3. The number of anilines is 1. The van der Waals surface area contributed by atoms with Gasteiger partial charge in [0, 0.05) is 56.8 Å². The van der Waals surface area contributed by atoms with Crippen molar-refractivity contribution in [2.24, 2.45) is 11.3 Å². The largest absolute Gasteiger partial charge is 0.434 e. The van der Waals surface area contributed by atoms with Gasteiger partial charge in [-0.2, -0.15) is 0 Å². The maximum atomic E-state index is 14.3. The Balaban J connectivity index is 1.41. The van der Waals surface area contributed by atoms with Gasteiger partial charge in [-0.15, -0.1) is 10.2 Å². The van der Waals surface area contributed by atoms with Crippen LogP contribution in [0.25, 0.3) is 0 Å². The highest BCUT2D eigenvalue weighted by Crippen LogP contribution is 2.44. The van der Waals surface area contributed by atoms with Crippen LogP contribution in [0.1, 0.15) is 78.1 Å². The SMILES string of the molecule is CCN(C(=O)c1cc(F)ccc1Oc1nncnc1N1CCC2(C1)CN([C@H](CCCNCC(C)(C)O)C(C)C)C2)C(C)C. The molecule has 0 radical (unpaired) electrons. The van der Waals surface area contributed by atoms with Crippen LogP contribution in [-0.4, -0.2) is 99.5 Å². The number of carbonyl (C=O) groups excluding carboxylic acids is 1. The van der Waals surface area contributed by atoms with Crippen LogP contribution in [0.2, 0.25) is 0 Å². The molecule has 2 aliphatic rings. The normalized spacial score (nSPS) is 17.5. The first-order chi connectivity index (χ1) is 20.3. The van der Waals surface area contributed by atoms with Gasteiger partial charge in [0.25, 0.3) is 11.8 Å². The van der Waals surface area contributed by atoms with E-state index in [1.807, 2.05) is 34.6 Å². The minimum Gasteiger partial charge on any atom is -0.434 e. The molecule has 2 fully saturated rings. The molecule has 2 N–H and O–H groups in total. The van der Waals surface area contributed by atoms with Crippen LogP contribution >= 0.6 is 0 Å². The third-order valence-corrected chi connectivity index (χ3v) is 8.64. The minimum atomic E-state index is -0.692. The fourth-order valence-electron chi connectivity index (χ4n) is 6.49.